The van der Waals surface area contributed by atoms with E-state index >= 15 is 0 Å². The van der Waals surface area contributed by atoms with Crippen molar-refractivity contribution in [1.82, 2.24) is 9.62 Å². The summed E-state index contributed by atoms with van der Waals surface area (Å²) in [4.78, 5) is 13.6. The number of nitrogens with zero attached hydrogens (tertiary/aromatic N) is 1. The maximum absolute atomic E-state index is 12.2. The van der Waals surface area contributed by atoms with Gasteiger partial charge in [0.15, 0.2) is 0 Å². The molecule has 0 fully saturated rings. The number of carbonyl (C=O) groups excluding carboxylic acids is 1. The molecule has 1 amide bonds. The second-order valence-corrected chi connectivity index (χ2v) is 7.63. The number of aryl methyl sites for hydroxylation is 1. The maximum Gasteiger partial charge on any atom is 0.252 e. The lowest BCUT2D eigenvalue weighted by Crippen LogP contribution is -2.43. The van der Waals surface area contributed by atoms with Crippen LogP contribution in [0.2, 0.25) is 0 Å². The number of aliphatic hydroxyl groups excluding tert-OH is 1. The third-order valence-electron chi connectivity index (χ3n) is 3.72. The second-order valence-electron chi connectivity index (χ2n) is 5.86. The van der Waals surface area contributed by atoms with Crippen LogP contribution in [0.3, 0.4) is 0 Å². The number of rotatable bonds is 7. The normalized spacial score (nSPS) is 12.6. The van der Waals surface area contributed by atoms with Crippen LogP contribution >= 0.6 is 0 Å². The molecule has 0 aromatic heterocycles. The summed E-state index contributed by atoms with van der Waals surface area (Å²) >= 11 is 0. The van der Waals surface area contributed by atoms with E-state index in [1.807, 2.05) is 37.3 Å². The fourth-order valence-electron chi connectivity index (χ4n) is 2.27. The van der Waals surface area contributed by atoms with E-state index in [9.17, 15) is 18.3 Å². The molecule has 6 nitrogen and oxygen atoms in total. The molecule has 7 heteroatoms. The SMILES string of the molecule is Cc1ccc(S(=O)(=O)NCC(O)C(=O)N(C)Cc2ccccc2)cc1. The fourth-order valence-corrected chi connectivity index (χ4v) is 3.30. The van der Waals surface area contributed by atoms with E-state index in [4.69, 9.17) is 0 Å². The molecule has 2 aromatic rings. The van der Waals surface area contributed by atoms with Crippen molar-refractivity contribution in [3.05, 3.63) is 65.7 Å². The zero-order valence-electron chi connectivity index (χ0n) is 14.2. The fraction of sp³-hybridized carbons (Fsp3) is 0.278. The molecule has 0 aliphatic carbocycles. The molecule has 1 atom stereocenters. The first kappa shape index (κ1) is 19.1. The second kappa shape index (κ2) is 8.24. The quantitative estimate of drug-likeness (QED) is 0.777. The summed E-state index contributed by atoms with van der Waals surface area (Å²) in [6.07, 6.45) is -1.45. The van der Waals surface area contributed by atoms with Gasteiger partial charge < -0.3 is 10.0 Å². The third kappa shape index (κ3) is 5.38. The standard InChI is InChI=1S/C18H22N2O4S/c1-14-8-10-16(11-9-14)25(23,24)19-12-17(21)18(22)20(2)13-15-6-4-3-5-7-15/h3-11,17,19,21H,12-13H2,1-2H3. The average Bonchev–Trinajstić information content (AvgIpc) is 2.60. The van der Waals surface area contributed by atoms with E-state index < -0.39 is 22.0 Å². The highest BCUT2D eigenvalue weighted by atomic mass is 32.2. The van der Waals surface area contributed by atoms with Crippen molar-refractivity contribution in [2.75, 3.05) is 13.6 Å². The number of carbonyl (C=O) groups is 1. The minimum atomic E-state index is -3.77. The van der Waals surface area contributed by atoms with Crippen molar-refractivity contribution in [2.45, 2.75) is 24.5 Å². The predicted octanol–water partition coefficient (Wildman–Crippen LogP) is 1.29. The first-order chi connectivity index (χ1) is 11.8. The van der Waals surface area contributed by atoms with Crippen LogP contribution in [-0.2, 0) is 21.4 Å². The van der Waals surface area contributed by atoms with Gasteiger partial charge in [-0.15, -0.1) is 0 Å². The molecular weight excluding hydrogens is 340 g/mol. The number of nitrogens with one attached hydrogen (secondary N) is 1. The number of hydrogen-bond donors (Lipinski definition) is 2. The number of hydrogen-bond acceptors (Lipinski definition) is 4. The lowest BCUT2D eigenvalue weighted by Gasteiger charge is -2.21. The Labute approximate surface area is 148 Å². The first-order valence-electron chi connectivity index (χ1n) is 7.83. The van der Waals surface area contributed by atoms with Crippen LogP contribution in [-0.4, -0.2) is 44.0 Å². The van der Waals surface area contributed by atoms with E-state index in [2.05, 4.69) is 4.72 Å². The molecular formula is C18H22N2O4S. The number of aliphatic hydroxyl groups is 1. The van der Waals surface area contributed by atoms with E-state index in [0.717, 1.165) is 11.1 Å². The van der Waals surface area contributed by atoms with Gasteiger partial charge in [0.2, 0.25) is 10.0 Å². The molecule has 134 valence electrons. The van der Waals surface area contributed by atoms with Gasteiger partial charge in [0, 0.05) is 20.1 Å². The molecule has 25 heavy (non-hydrogen) atoms. The minimum absolute atomic E-state index is 0.0930. The van der Waals surface area contributed by atoms with E-state index in [-0.39, 0.29) is 11.4 Å². The zero-order valence-corrected chi connectivity index (χ0v) is 15.0. The third-order valence-corrected chi connectivity index (χ3v) is 5.16. The van der Waals surface area contributed by atoms with Crippen molar-refractivity contribution in [1.29, 1.82) is 0 Å². The zero-order chi connectivity index (χ0) is 18.4. The van der Waals surface area contributed by atoms with Gasteiger partial charge in [0.25, 0.3) is 5.91 Å². The van der Waals surface area contributed by atoms with Gasteiger partial charge in [-0.1, -0.05) is 48.0 Å². The maximum atomic E-state index is 12.2. The Morgan fingerprint density at radius 3 is 2.32 bits per heavy atom. The van der Waals surface area contributed by atoms with E-state index in [1.165, 1.54) is 17.0 Å². The summed E-state index contributed by atoms with van der Waals surface area (Å²) < 4.78 is 26.6. The number of amides is 1. The van der Waals surface area contributed by atoms with Crippen molar-refractivity contribution in [2.24, 2.45) is 0 Å². The summed E-state index contributed by atoms with van der Waals surface area (Å²) in [7, 11) is -2.21. The molecule has 2 aromatic carbocycles. The molecule has 0 radical (unpaired) electrons. The van der Waals surface area contributed by atoms with Crippen LogP contribution in [0.5, 0.6) is 0 Å². The molecule has 2 rings (SSSR count). The molecule has 0 aliphatic heterocycles. The van der Waals surface area contributed by atoms with Gasteiger partial charge in [-0.2, -0.15) is 0 Å². The molecule has 0 saturated carbocycles. The van der Waals surface area contributed by atoms with Gasteiger partial charge >= 0.3 is 0 Å². The van der Waals surface area contributed by atoms with Crippen LogP contribution in [0.25, 0.3) is 0 Å². The highest BCUT2D eigenvalue weighted by Gasteiger charge is 2.22. The molecule has 0 heterocycles. The average molecular weight is 362 g/mol. The van der Waals surface area contributed by atoms with Crippen LogP contribution in [0.15, 0.2) is 59.5 Å². The molecule has 2 N–H and O–H groups in total. The van der Waals surface area contributed by atoms with Crippen LogP contribution in [0, 0.1) is 6.92 Å². The number of sulfonamides is 1. The van der Waals surface area contributed by atoms with Crippen LogP contribution in [0.1, 0.15) is 11.1 Å². The van der Waals surface area contributed by atoms with Crippen molar-refractivity contribution in [3.8, 4) is 0 Å². The Kier molecular flexibility index (Phi) is 6.30. The molecule has 0 saturated heterocycles. The predicted molar refractivity (Wildman–Crippen MR) is 95.3 cm³/mol. The van der Waals surface area contributed by atoms with Gasteiger partial charge in [0.05, 0.1) is 4.90 Å². The molecule has 0 aliphatic rings. The van der Waals surface area contributed by atoms with Crippen molar-refractivity contribution < 1.29 is 18.3 Å². The molecule has 1 unspecified atom stereocenters. The highest BCUT2D eigenvalue weighted by molar-refractivity contribution is 7.89. The Bertz CT molecular complexity index is 805. The highest BCUT2D eigenvalue weighted by Crippen LogP contribution is 2.10. The van der Waals surface area contributed by atoms with Crippen molar-refractivity contribution in [3.63, 3.8) is 0 Å². The lowest BCUT2D eigenvalue weighted by molar-refractivity contribution is -0.138. The Hall–Kier alpha value is -2.22. The lowest BCUT2D eigenvalue weighted by atomic mass is 10.2. The summed E-state index contributed by atoms with van der Waals surface area (Å²) in [5.41, 5.74) is 1.86. The van der Waals surface area contributed by atoms with E-state index in [0.29, 0.717) is 6.54 Å². The number of benzene rings is 2. The van der Waals surface area contributed by atoms with Gasteiger partial charge in [-0.3, -0.25) is 4.79 Å². The summed E-state index contributed by atoms with van der Waals surface area (Å²) in [6.45, 7) is 1.81. The van der Waals surface area contributed by atoms with Gasteiger partial charge in [-0.05, 0) is 24.6 Å². The van der Waals surface area contributed by atoms with Gasteiger partial charge in [-0.25, -0.2) is 13.1 Å². The summed E-state index contributed by atoms with van der Waals surface area (Å²) in [6, 6.07) is 15.7. The minimum Gasteiger partial charge on any atom is -0.382 e. The molecule has 0 spiro atoms. The summed E-state index contributed by atoms with van der Waals surface area (Å²) in [5.74, 6) is -0.546. The smallest absolute Gasteiger partial charge is 0.252 e. The van der Waals surface area contributed by atoms with Crippen LogP contribution < -0.4 is 4.72 Å². The Balaban J connectivity index is 1.93. The van der Waals surface area contributed by atoms with Crippen LogP contribution in [0.4, 0.5) is 0 Å². The molecule has 0 bridgehead atoms. The number of likely N-dealkylation sites (N-methyl/N-ethyl adjacent to an activating group) is 1. The monoisotopic (exact) mass is 362 g/mol. The Morgan fingerprint density at radius 1 is 1.12 bits per heavy atom. The van der Waals surface area contributed by atoms with E-state index in [1.54, 1.807) is 19.2 Å². The largest absolute Gasteiger partial charge is 0.382 e. The summed E-state index contributed by atoms with van der Waals surface area (Å²) in [5, 5.41) is 10.0. The van der Waals surface area contributed by atoms with Gasteiger partial charge in [0.1, 0.15) is 6.10 Å². The first-order valence-corrected chi connectivity index (χ1v) is 9.31. The van der Waals surface area contributed by atoms with Crippen molar-refractivity contribution >= 4 is 15.9 Å². The topological polar surface area (TPSA) is 86.7 Å². The Morgan fingerprint density at radius 2 is 1.72 bits per heavy atom.